The molecule has 0 N–H and O–H groups in total. The van der Waals surface area contributed by atoms with Gasteiger partial charge in [-0.15, -0.1) is 0 Å². The standard InChI is InChI=1S/C21H32/c1-20(2,3)13-11-16-7-10-19-17(8-9-18(19)15-16)12-14-21(4,5)6/h8-10,15H,7,11-14H2,1-6H3. The van der Waals surface area contributed by atoms with Crippen molar-refractivity contribution in [2.45, 2.75) is 73.6 Å². The largest absolute Gasteiger partial charge is 0.0723 e. The molecule has 0 saturated heterocycles. The molecule has 0 amide bonds. The molecule has 0 aliphatic heterocycles. The molecular formula is C21H32. The summed E-state index contributed by atoms with van der Waals surface area (Å²) in [5.74, 6) is 0. The van der Waals surface area contributed by atoms with Gasteiger partial charge < -0.3 is 0 Å². The minimum atomic E-state index is 0.423. The molecule has 0 nitrogen and oxygen atoms in total. The Morgan fingerprint density at radius 2 is 1.48 bits per heavy atom. The van der Waals surface area contributed by atoms with Crippen LogP contribution in [0.3, 0.4) is 0 Å². The van der Waals surface area contributed by atoms with Crippen molar-refractivity contribution in [2.75, 3.05) is 0 Å². The van der Waals surface area contributed by atoms with Crippen LogP contribution < -0.4 is 0 Å². The van der Waals surface area contributed by atoms with Gasteiger partial charge in [0.05, 0.1) is 0 Å². The zero-order valence-electron chi connectivity index (χ0n) is 14.8. The maximum Gasteiger partial charge on any atom is -0.0126 e. The van der Waals surface area contributed by atoms with E-state index in [1.54, 1.807) is 11.1 Å². The second-order valence-corrected chi connectivity index (χ2v) is 9.06. The molecule has 0 spiro atoms. The Kier molecular flexibility index (Phi) is 4.66. The molecule has 0 aromatic rings. The topological polar surface area (TPSA) is 0 Å². The fraction of sp³-hybridized carbons (Fsp3) is 0.619. The van der Waals surface area contributed by atoms with Crippen LogP contribution in [-0.2, 0) is 0 Å². The maximum atomic E-state index is 2.46. The second kappa shape index (κ2) is 5.99. The summed E-state index contributed by atoms with van der Waals surface area (Å²) in [6.07, 6.45) is 15.7. The first-order valence-corrected chi connectivity index (χ1v) is 8.45. The Labute approximate surface area is 131 Å². The monoisotopic (exact) mass is 284 g/mol. The summed E-state index contributed by atoms with van der Waals surface area (Å²) in [5, 5.41) is 0. The molecule has 2 aliphatic carbocycles. The van der Waals surface area contributed by atoms with Gasteiger partial charge in [-0.05, 0) is 59.7 Å². The van der Waals surface area contributed by atoms with E-state index in [1.165, 1.54) is 36.8 Å². The third-order valence-electron chi connectivity index (χ3n) is 4.39. The van der Waals surface area contributed by atoms with Gasteiger partial charge in [-0.25, -0.2) is 0 Å². The van der Waals surface area contributed by atoms with Crippen molar-refractivity contribution in [1.29, 1.82) is 0 Å². The van der Waals surface area contributed by atoms with Gasteiger partial charge in [0.2, 0.25) is 0 Å². The summed E-state index contributed by atoms with van der Waals surface area (Å²) in [4.78, 5) is 0. The number of fused-ring (bicyclic) bond motifs is 1. The van der Waals surface area contributed by atoms with Crippen LogP contribution in [0, 0.1) is 10.8 Å². The van der Waals surface area contributed by atoms with Crippen molar-refractivity contribution >= 4 is 0 Å². The van der Waals surface area contributed by atoms with Crippen molar-refractivity contribution in [1.82, 2.24) is 0 Å². The van der Waals surface area contributed by atoms with Crippen LogP contribution in [0.2, 0.25) is 0 Å². The fourth-order valence-corrected chi connectivity index (χ4v) is 2.88. The van der Waals surface area contributed by atoms with Gasteiger partial charge in [-0.1, -0.05) is 71.4 Å². The average Bonchev–Trinajstić information content (AvgIpc) is 2.74. The molecule has 2 rings (SSSR count). The lowest BCUT2D eigenvalue weighted by molar-refractivity contribution is 0.376. The van der Waals surface area contributed by atoms with Gasteiger partial charge in [-0.3, -0.25) is 0 Å². The molecule has 0 aromatic carbocycles. The minimum Gasteiger partial charge on any atom is -0.0723 e. The normalized spacial score (nSPS) is 18.8. The average molecular weight is 284 g/mol. The van der Waals surface area contributed by atoms with E-state index < -0.39 is 0 Å². The highest BCUT2D eigenvalue weighted by Gasteiger charge is 2.20. The molecule has 116 valence electrons. The van der Waals surface area contributed by atoms with E-state index in [4.69, 9.17) is 0 Å². The van der Waals surface area contributed by atoms with Crippen LogP contribution in [-0.4, -0.2) is 0 Å². The van der Waals surface area contributed by atoms with Crippen molar-refractivity contribution in [2.24, 2.45) is 10.8 Å². The molecule has 0 saturated carbocycles. The molecule has 0 radical (unpaired) electrons. The highest BCUT2D eigenvalue weighted by molar-refractivity contribution is 5.62. The smallest absolute Gasteiger partial charge is 0.0126 e. The first-order chi connectivity index (χ1) is 9.64. The number of hydrogen-bond acceptors (Lipinski definition) is 0. The summed E-state index contributed by atoms with van der Waals surface area (Å²) >= 11 is 0. The van der Waals surface area contributed by atoms with Crippen LogP contribution in [0.1, 0.15) is 73.6 Å². The van der Waals surface area contributed by atoms with E-state index in [0.29, 0.717) is 10.8 Å². The van der Waals surface area contributed by atoms with Crippen molar-refractivity contribution < 1.29 is 0 Å². The molecule has 0 aromatic heterocycles. The van der Waals surface area contributed by atoms with Gasteiger partial charge in [0.15, 0.2) is 0 Å². The van der Waals surface area contributed by atoms with E-state index >= 15 is 0 Å². The first kappa shape index (κ1) is 16.3. The molecule has 0 heterocycles. The van der Waals surface area contributed by atoms with Crippen LogP contribution in [0.25, 0.3) is 0 Å². The van der Waals surface area contributed by atoms with E-state index in [-0.39, 0.29) is 0 Å². The third-order valence-corrected chi connectivity index (χ3v) is 4.39. The summed E-state index contributed by atoms with van der Waals surface area (Å²) in [6.45, 7) is 14.0. The number of rotatable bonds is 4. The lowest BCUT2D eigenvalue weighted by Crippen LogP contribution is -2.07. The molecular weight excluding hydrogens is 252 g/mol. The molecule has 2 aliphatic rings. The summed E-state index contributed by atoms with van der Waals surface area (Å²) in [5.41, 5.74) is 6.97. The first-order valence-electron chi connectivity index (χ1n) is 8.45. The van der Waals surface area contributed by atoms with Crippen LogP contribution >= 0.6 is 0 Å². The Hall–Kier alpha value is -1.04. The Bertz CT molecular complexity index is 507. The highest BCUT2D eigenvalue weighted by atomic mass is 14.3. The molecule has 21 heavy (non-hydrogen) atoms. The summed E-state index contributed by atoms with van der Waals surface area (Å²) in [7, 11) is 0. The summed E-state index contributed by atoms with van der Waals surface area (Å²) in [6, 6.07) is 0. The molecule has 0 fully saturated rings. The van der Waals surface area contributed by atoms with Crippen LogP contribution in [0.4, 0.5) is 0 Å². The zero-order valence-corrected chi connectivity index (χ0v) is 14.8. The Morgan fingerprint density at radius 1 is 0.857 bits per heavy atom. The minimum absolute atomic E-state index is 0.423. The van der Waals surface area contributed by atoms with Crippen molar-refractivity contribution in [3.8, 4) is 0 Å². The summed E-state index contributed by atoms with van der Waals surface area (Å²) < 4.78 is 0. The number of hydrogen-bond donors (Lipinski definition) is 0. The molecule has 0 heteroatoms. The lowest BCUT2D eigenvalue weighted by Gasteiger charge is -2.22. The predicted molar refractivity (Wildman–Crippen MR) is 94.3 cm³/mol. The van der Waals surface area contributed by atoms with E-state index in [0.717, 1.165) is 6.42 Å². The number of allylic oxidation sites excluding steroid dienone is 8. The van der Waals surface area contributed by atoms with E-state index in [1.807, 2.05) is 0 Å². The molecule has 0 unspecified atom stereocenters. The lowest BCUT2D eigenvalue weighted by atomic mass is 9.83. The Balaban J connectivity index is 1.93. The Morgan fingerprint density at radius 3 is 2.10 bits per heavy atom. The fourth-order valence-electron chi connectivity index (χ4n) is 2.88. The third kappa shape index (κ3) is 5.02. The predicted octanol–water partition coefficient (Wildman–Crippen LogP) is 6.76. The van der Waals surface area contributed by atoms with Gasteiger partial charge in [-0.2, -0.15) is 0 Å². The van der Waals surface area contributed by atoms with E-state index in [9.17, 15) is 0 Å². The van der Waals surface area contributed by atoms with Gasteiger partial charge in [0, 0.05) is 0 Å². The van der Waals surface area contributed by atoms with Crippen LogP contribution in [0.5, 0.6) is 0 Å². The van der Waals surface area contributed by atoms with Gasteiger partial charge in [0.1, 0.15) is 0 Å². The van der Waals surface area contributed by atoms with Gasteiger partial charge >= 0.3 is 0 Å². The van der Waals surface area contributed by atoms with E-state index in [2.05, 4.69) is 65.8 Å². The molecule has 0 bridgehead atoms. The maximum absolute atomic E-state index is 2.46. The second-order valence-electron chi connectivity index (χ2n) is 9.06. The van der Waals surface area contributed by atoms with Gasteiger partial charge in [0.25, 0.3) is 0 Å². The van der Waals surface area contributed by atoms with Crippen molar-refractivity contribution in [3.05, 3.63) is 46.6 Å². The quantitative estimate of drug-likeness (QED) is 0.535. The van der Waals surface area contributed by atoms with Crippen molar-refractivity contribution in [3.63, 3.8) is 0 Å². The highest BCUT2D eigenvalue weighted by Crippen LogP contribution is 2.38. The molecule has 0 atom stereocenters. The van der Waals surface area contributed by atoms with Crippen LogP contribution in [0.15, 0.2) is 46.6 Å². The SMILES string of the molecule is CC(C)(C)CCC1=CC2=CC=C(CCC(C)(C)C)C2=CC1. The zero-order chi connectivity index (χ0) is 15.7.